The van der Waals surface area contributed by atoms with Crippen LogP contribution in [0.3, 0.4) is 0 Å². The summed E-state index contributed by atoms with van der Waals surface area (Å²) in [5.74, 6) is 0.996. The van der Waals surface area contributed by atoms with Gasteiger partial charge in [0.05, 0.1) is 21.2 Å². The molecule has 98 valence electrons. The molecule has 2 heterocycles. The predicted molar refractivity (Wildman–Crippen MR) is 78.6 cm³/mol. The topological polar surface area (TPSA) is 72.5 Å². The van der Waals surface area contributed by atoms with Crippen LogP contribution in [0.25, 0.3) is 22.3 Å². The van der Waals surface area contributed by atoms with Crippen molar-refractivity contribution >= 4 is 27.0 Å². The van der Waals surface area contributed by atoms with Crippen LogP contribution in [0.4, 0.5) is 0 Å². The molecule has 0 amide bonds. The summed E-state index contributed by atoms with van der Waals surface area (Å²) in [7, 11) is 2.02. The fourth-order valence-electron chi connectivity index (χ4n) is 2.16. The van der Waals surface area contributed by atoms with Crippen LogP contribution in [-0.4, -0.2) is 19.7 Å². The van der Waals surface area contributed by atoms with Gasteiger partial charge in [-0.05, 0) is 35.0 Å². The quantitative estimate of drug-likeness (QED) is 0.762. The second-order valence-corrected chi connectivity index (χ2v) is 5.28. The largest absolute Gasteiger partial charge is 0.331 e. The van der Waals surface area contributed by atoms with Gasteiger partial charge in [0.2, 0.25) is 0 Å². The molecule has 5 nitrogen and oxygen atoms in total. The third-order valence-corrected chi connectivity index (χ3v) is 4.21. The molecular weight excluding hydrogens is 306 g/mol. The Morgan fingerprint density at radius 2 is 2.21 bits per heavy atom. The summed E-state index contributed by atoms with van der Waals surface area (Å²) in [5, 5.41) is 7.25. The third-order valence-electron chi connectivity index (χ3n) is 3.36. The van der Waals surface area contributed by atoms with E-state index in [0.717, 1.165) is 38.3 Å². The van der Waals surface area contributed by atoms with Gasteiger partial charge < -0.3 is 10.3 Å². The second-order valence-electron chi connectivity index (χ2n) is 4.49. The van der Waals surface area contributed by atoms with Crippen LogP contribution in [0.2, 0.25) is 0 Å². The lowest BCUT2D eigenvalue weighted by atomic mass is 10.1. The van der Waals surface area contributed by atoms with Crippen LogP contribution in [0.15, 0.2) is 22.7 Å². The first-order chi connectivity index (χ1) is 9.11. The summed E-state index contributed by atoms with van der Waals surface area (Å²) in [4.78, 5) is 4.54. The van der Waals surface area contributed by atoms with Gasteiger partial charge in [-0.2, -0.15) is 5.10 Å². The summed E-state index contributed by atoms with van der Waals surface area (Å²) in [6.07, 6.45) is 0. The number of halogens is 1. The minimum absolute atomic E-state index is 0.429. The smallest absolute Gasteiger partial charge is 0.107 e. The second kappa shape index (κ2) is 4.47. The van der Waals surface area contributed by atoms with Crippen molar-refractivity contribution in [3.63, 3.8) is 0 Å². The van der Waals surface area contributed by atoms with Gasteiger partial charge in [-0.3, -0.25) is 5.10 Å². The van der Waals surface area contributed by atoms with Crippen molar-refractivity contribution in [3.8, 4) is 11.3 Å². The lowest BCUT2D eigenvalue weighted by Gasteiger charge is -2.00. The molecule has 0 saturated heterocycles. The molecule has 0 fully saturated rings. The number of fused-ring (bicyclic) bond motifs is 1. The minimum atomic E-state index is 0.429. The predicted octanol–water partition coefficient (Wildman–Crippen LogP) is 2.49. The molecule has 2 aromatic heterocycles. The van der Waals surface area contributed by atoms with Crippen molar-refractivity contribution in [3.05, 3.63) is 34.2 Å². The number of aromatic nitrogens is 4. The van der Waals surface area contributed by atoms with Crippen molar-refractivity contribution in [2.45, 2.75) is 13.5 Å². The van der Waals surface area contributed by atoms with Crippen molar-refractivity contribution in [1.29, 1.82) is 0 Å². The molecule has 0 aliphatic rings. The van der Waals surface area contributed by atoms with Gasteiger partial charge >= 0.3 is 0 Å². The van der Waals surface area contributed by atoms with E-state index in [4.69, 9.17) is 5.73 Å². The van der Waals surface area contributed by atoms with E-state index in [1.54, 1.807) is 0 Å². The van der Waals surface area contributed by atoms with Gasteiger partial charge in [-0.1, -0.05) is 6.07 Å². The maximum atomic E-state index is 5.64. The molecule has 19 heavy (non-hydrogen) atoms. The number of H-pyrrole nitrogens is 1. The molecular formula is C13H14BrN5. The Bertz CT molecular complexity index is 756. The zero-order valence-corrected chi connectivity index (χ0v) is 12.3. The molecule has 0 bridgehead atoms. The van der Waals surface area contributed by atoms with E-state index in [9.17, 15) is 0 Å². The van der Waals surface area contributed by atoms with Crippen LogP contribution >= 0.6 is 15.9 Å². The number of nitrogens with one attached hydrogen (secondary N) is 1. The summed E-state index contributed by atoms with van der Waals surface area (Å²) in [5.41, 5.74) is 10.5. The molecule has 3 rings (SSSR count). The van der Waals surface area contributed by atoms with E-state index in [1.165, 1.54) is 0 Å². The zero-order chi connectivity index (χ0) is 13.6. The number of rotatable bonds is 2. The molecule has 0 radical (unpaired) electrons. The third kappa shape index (κ3) is 1.87. The van der Waals surface area contributed by atoms with Gasteiger partial charge in [0, 0.05) is 19.2 Å². The molecule has 0 aliphatic heterocycles. The Morgan fingerprint density at radius 1 is 1.42 bits per heavy atom. The normalized spacial score (nSPS) is 11.4. The molecule has 3 aromatic rings. The van der Waals surface area contributed by atoms with E-state index in [1.807, 2.05) is 26.1 Å². The zero-order valence-electron chi connectivity index (χ0n) is 10.7. The molecule has 0 spiro atoms. The first-order valence-corrected chi connectivity index (χ1v) is 6.77. The summed E-state index contributed by atoms with van der Waals surface area (Å²) in [6.45, 7) is 2.43. The number of benzene rings is 1. The Hall–Kier alpha value is -1.66. The van der Waals surface area contributed by atoms with Crippen molar-refractivity contribution in [1.82, 2.24) is 19.7 Å². The Labute approximate surface area is 119 Å². The summed E-state index contributed by atoms with van der Waals surface area (Å²) < 4.78 is 2.99. The van der Waals surface area contributed by atoms with Gasteiger partial charge in [0.15, 0.2) is 0 Å². The lowest BCUT2D eigenvalue weighted by molar-refractivity contribution is 0.886. The summed E-state index contributed by atoms with van der Waals surface area (Å²) >= 11 is 3.53. The van der Waals surface area contributed by atoms with Gasteiger partial charge in [-0.15, -0.1) is 0 Å². The number of nitrogens with two attached hydrogens (primary N) is 1. The van der Waals surface area contributed by atoms with Crippen molar-refractivity contribution in [2.24, 2.45) is 12.8 Å². The minimum Gasteiger partial charge on any atom is -0.331 e. The SMILES string of the molecule is Cc1nc2cc(-c3n[nH]c(CN)c3Br)ccc2n1C. The molecule has 3 N–H and O–H groups in total. The first-order valence-electron chi connectivity index (χ1n) is 5.98. The van der Waals surface area contributed by atoms with Crippen LogP contribution in [0.1, 0.15) is 11.5 Å². The van der Waals surface area contributed by atoms with E-state index < -0.39 is 0 Å². The highest BCUT2D eigenvalue weighted by atomic mass is 79.9. The van der Waals surface area contributed by atoms with Crippen LogP contribution in [0.5, 0.6) is 0 Å². The Balaban J connectivity index is 2.17. The lowest BCUT2D eigenvalue weighted by Crippen LogP contribution is -1.96. The maximum absolute atomic E-state index is 5.64. The average Bonchev–Trinajstić information content (AvgIpc) is 2.91. The van der Waals surface area contributed by atoms with E-state index in [-0.39, 0.29) is 0 Å². The highest BCUT2D eigenvalue weighted by molar-refractivity contribution is 9.10. The molecule has 1 aromatic carbocycles. The van der Waals surface area contributed by atoms with Crippen LogP contribution < -0.4 is 5.73 Å². The number of hydrogen-bond donors (Lipinski definition) is 2. The van der Waals surface area contributed by atoms with E-state index >= 15 is 0 Å². The van der Waals surface area contributed by atoms with Crippen LogP contribution in [-0.2, 0) is 13.6 Å². The van der Waals surface area contributed by atoms with Gasteiger partial charge in [0.25, 0.3) is 0 Å². The fourth-order valence-corrected chi connectivity index (χ4v) is 2.73. The summed E-state index contributed by atoms with van der Waals surface area (Å²) in [6, 6.07) is 6.15. The average molecular weight is 320 g/mol. The van der Waals surface area contributed by atoms with Gasteiger partial charge in [-0.25, -0.2) is 4.98 Å². The number of hydrogen-bond acceptors (Lipinski definition) is 3. The van der Waals surface area contributed by atoms with E-state index in [0.29, 0.717) is 6.54 Å². The Morgan fingerprint density at radius 3 is 2.89 bits per heavy atom. The van der Waals surface area contributed by atoms with Gasteiger partial charge in [0.1, 0.15) is 11.5 Å². The first kappa shape index (κ1) is 12.4. The van der Waals surface area contributed by atoms with Crippen LogP contribution in [0, 0.1) is 6.92 Å². The number of aryl methyl sites for hydroxylation is 2. The Kier molecular flexibility index (Phi) is 2.91. The molecule has 6 heteroatoms. The van der Waals surface area contributed by atoms with Crippen molar-refractivity contribution in [2.75, 3.05) is 0 Å². The maximum Gasteiger partial charge on any atom is 0.107 e. The molecule has 0 unspecified atom stereocenters. The standard InChI is InChI=1S/C13H14BrN5/c1-7-16-9-5-8(3-4-11(9)19(7)2)13-12(14)10(6-15)17-18-13/h3-5H,6,15H2,1-2H3,(H,17,18). The monoisotopic (exact) mass is 319 g/mol. The highest BCUT2D eigenvalue weighted by Crippen LogP contribution is 2.30. The number of imidazole rings is 1. The molecule has 0 aliphatic carbocycles. The molecule has 0 atom stereocenters. The molecule has 0 saturated carbocycles. The fraction of sp³-hybridized carbons (Fsp3) is 0.231. The van der Waals surface area contributed by atoms with E-state index in [2.05, 4.69) is 41.7 Å². The van der Waals surface area contributed by atoms with Crippen molar-refractivity contribution < 1.29 is 0 Å². The number of nitrogens with zero attached hydrogens (tertiary/aromatic N) is 3. The highest BCUT2D eigenvalue weighted by Gasteiger charge is 2.13. The number of aromatic amines is 1.